The smallest absolute Gasteiger partial charge is 0.127 e. The number of benzene rings is 1. The first kappa shape index (κ1) is 10.4. The summed E-state index contributed by atoms with van der Waals surface area (Å²) in [6.07, 6.45) is 3.41. The number of piperidine rings is 1. The van der Waals surface area contributed by atoms with E-state index in [1.165, 1.54) is 6.42 Å². The molecule has 0 bridgehead atoms. The van der Waals surface area contributed by atoms with Crippen LogP contribution in [0.1, 0.15) is 24.3 Å². The van der Waals surface area contributed by atoms with Crippen molar-refractivity contribution in [3.05, 3.63) is 35.9 Å². The highest BCUT2D eigenvalue weighted by molar-refractivity contribution is 5.62. The Morgan fingerprint density at radius 3 is 2.87 bits per heavy atom. The summed E-state index contributed by atoms with van der Waals surface area (Å²) in [4.78, 5) is 11.2. The molecule has 1 aliphatic heterocycles. The summed E-state index contributed by atoms with van der Waals surface area (Å²) >= 11 is 0. The van der Waals surface area contributed by atoms with Crippen LogP contribution in [-0.2, 0) is 4.79 Å². The molecule has 2 rings (SSSR count). The van der Waals surface area contributed by atoms with Crippen molar-refractivity contribution in [2.24, 2.45) is 5.92 Å². The lowest BCUT2D eigenvalue weighted by molar-refractivity contribution is -0.110. The molecule has 1 fully saturated rings. The van der Waals surface area contributed by atoms with Gasteiger partial charge in [-0.2, -0.15) is 0 Å². The van der Waals surface area contributed by atoms with Gasteiger partial charge in [-0.25, -0.2) is 0 Å². The molecular formula is C13H16NO. The number of nitrogens with one attached hydrogen (secondary N) is 1. The first-order valence-corrected chi connectivity index (χ1v) is 5.54. The van der Waals surface area contributed by atoms with Crippen LogP contribution >= 0.6 is 0 Å². The number of aldehydes is 1. The molecule has 0 saturated carbocycles. The van der Waals surface area contributed by atoms with E-state index in [4.69, 9.17) is 0 Å². The molecule has 0 amide bonds. The van der Waals surface area contributed by atoms with Gasteiger partial charge in [-0.3, -0.25) is 0 Å². The van der Waals surface area contributed by atoms with Gasteiger partial charge in [0.25, 0.3) is 0 Å². The van der Waals surface area contributed by atoms with Gasteiger partial charge in [-0.1, -0.05) is 24.3 Å². The third kappa shape index (κ3) is 2.45. The van der Waals surface area contributed by atoms with Crippen molar-refractivity contribution in [3.63, 3.8) is 0 Å². The lowest BCUT2D eigenvalue weighted by atomic mass is 9.82. The van der Waals surface area contributed by atoms with Crippen molar-refractivity contribution in [3.8, 4) is 0 Å². The first-order chi connectivity index (χ1) is 7.42. The predicted molar refractivity (Wildman–Crippen MR) is 59.7 cm³/mol. The van der Waals surface area contributed by atoms with Gasteiger partial charge in [0.1, 0.15) is 6.29 Å². The van der Waals surface area contributed by atoms with Gasteiger partial charge in [0.15, 0.2) is 0 Å². The second-order valence-corrected chi connectivity index (χ2v) is 4.10. The summed E-state index contributed by atoms with van der Waals surface area (Å²) in [5.74, 6) is 0.506. The maximum absolute atomic E-state index is 11.2. The number of rotatable bonds is 3. The van der Waals surface area contributed by atoms with Crippen LogP contribution in [0.15, 0.2) is 24.3 Å². The molecule has 1 unspecified atom stereocenters. The normalized spacial score (nSPS) is 23.3. The molecule has 1 heterocycles. The molecule has 2 heteroatoms. The van der Waals surface area contributed by atoms with E-state index in [-0.39, 0.29) is 5.92 Å². The summed E-state index contributed by atoms with van der Waals surface area (Å²) < 4.78 is 0. The van der Waals surface area contributed by atoms with Crippen LogP contribution in [0.4, 0.5) is 0 Å². The van der Waals surface area contributed by atoms with Gasteiger partial charge in [0.2, 0.25) is 0 Å². The van der Waals surface area contributed by atoms with Gasteiger partial charge in [0.05, 0.1) is 0 Å². The molecule has 0 spiro atoms. The molecule has 15 heavy (non-hydrogen) atoms. The van der Waals surface area contributed by atoms with Crippen LogP contribution < -0.4 is 5.32 Å². The lowest BCUT2D eigenvalue weighted by Crippen LogP contribution is -2.33. The standard InChI is InChI=1S/C13H16NO/c15-10-13(11-5-2-1-3-6-11)12-7-4-8-14-9-12/h2-3,5-6,10,12-14H,4,7-9H2/t12-,13?/m0/s1. The number of carbonyl (C=O) groups excluding carboxylic acids is 1. The Hall–Kier alpha value is -1.15. The number of hydrogen-bond acceptors (Lipinski definition) is 2. The van der Waals surface area contributed by atoms with E-state index in [1.54, 1.807) is 0 Å². The Balaban J connectivity index is 2.12. The van der Waals surface area contributed by atoms with Gasteiger partial charge in [-0.15, -0.1) is 0 Å². The SMILES string of the molecule is O=CC(c1cc[c]cc1)[C@H]1CCCNC1. The van der Waals surface area contributed by atoms with E-state index in [2.05, 4.69) is 11.4 Å². The quantitative estimate of drug-likeness (QED) is 0.757. The molecule has 1 aromatic rings. The molecule has 2 nitrogen and oxygen atoms in total. The zero-order chi connectivity index (χ0) is 10.5. The summed E-state index contributed by atoms with van der Waals surface area (Å²) in [5.41, 5.74) is 1.12. The minimum absolute atomic E-state index is 0.0485. The Morgan fingerprint density at radius 2 is 2.27 bits per heavy atom. The average molecular weight is 202 g/mol. The largest absolute Gasteiger partial charge is 0.316 e. The predicted octanol–water partition coefficient (Wildman–Crippen LogP) is 1.77. The second-order valence-electron chi connectivity index (χ2n) is 4.10. The van der Waals surface area contributed by atoms with E-state index in [0.29, 0.717) is 5.92 Å². The van der Waals surface area contributed by atoms with Gasteiger partial charge >= 0.3 is 0 Å². The molecule has 79 valence electrons. The molecule has 2 atom stereocenters. The monoisotopic (exact) mass is 202 g/mol. The fourth-order valence-electron chi connectivity index (χ4n) is 2.27. The first-order valence-electron chi connectivity index (χ1n) is 5.54. The summed E-state index contributed by atoms with van der Waals surface area (Å²) in [5, 5.41) is 3.35. The minimum Gasteiger partial charge on any atom is -0.316 e. The number of hydrogen-bond donors (Lipinski definition) is 1. The molecule has 1 radical (unpaired) electrons. The average Bonchev–Trinajstić information content (AvgIpc) is 2.33. The van der Waals surface area contributed by atoms with E-state index >= 15 is 0 Å². The van der Waals surface area contributed by atoms with E-state index in [0.717, 1.165) is 31.4 Å². The van der Waals surface area contributed by atoms with E-state index in [9.17, 15) is 4.79 Å². The van der Waals surface area contributed by atoms with Crippen molar-refractivity contribution < 1.29 is 4.79 Å². The number of carbonyl (C=O) groups is 1. The van der Waals surface area contributed by atoms with Crippen LogP contribution in [-0.4, -0.2) is 19.4 Å². The maximum Gasteiger partial charge on any atom is 0.127 e. The molecular weight excluding hydrogens is 186 g/mol. The van der Waals surface area contributed by atoms with Crippen LogP contribution in [0, 0.1) is 12.0 Å². The third-order valence-corrected chi connectivity index (χ3v) is 3.12. The Kier molecular flexibility index (Phi) is 3.51. The summed E-state index contributed by atoms with van der Waals surface area (Å²) in [7, 11) is 0. The van der Waals surface area contributed by atoms with Crippen molar-refractivity contribution in [2.45, 2.75) is 18.8 Å². The second kappa shape index (κ2) is 5.08. The lowest BCUT2D eigenvalue weighted by Gasteiger charge is -2.27. The topological polar surface area (TPSA) is 29.1 Å². The third-order valence-electron chi connectivity index (χ3n) is 3.12. The van der Waals surface area contributed by atoms with Crippen LogP contribution in [0.2, 0.25) is 0 Å². The zero-order valence-electron chi connectivity index (χ0n) is 8.78. The molecule has 0 aliphatic carbocycles. The van der Waals surface area contributed by atoms with Gasteiger partial charge in [0, 0.05) is 5.92 Å². The molecule has 1 saturated heterocycles. The van der Waals surface area contributed by atoms with Crippen molar-refractivity contribution in [1.29, 1.82) is 0 Å². The fourth-order valence-corrected chi connectivity index (χ4v) is 2.27. The molecule has 1 aliphatic rings. The highest BCUT2D eigenvalue weighted by atomic mass is 16.1. The Bertz CT molecular complexity index is 304. The minimum atomic E-state index is 0.0485. The molecule has 1 aromatic carbocycles. The highest BCUT2D eigenvalue weighted by Gasteiger charge is 2.24. The summed E-state index contributed by atoms with van der Waals surface area (Å²) in [6, 6.07) is 10.7. The zero-order valence-corrected chi connectivity index (χ0v) is 8.78. The summed E-state index contributed by atoms with van der Waals surface area (Å²) in [6.45, 7) is 2.05. The van der Waals surface area contributed by atoms with E-state index in [1.807, 2.05) is 24.3 Å². The Labute approximate surface area is 90.7 Å². The highest BCUT2D eigenvalue weighted by Crippen LogP contribution is 2.27. The van der Waals surface area contributed by atoms with Crippen LogP contribution in [0.5, 0.6) is 0 Å². The molecule has 1 N–H and O–H groups in total. The maximum atomic E-state index is 11.2. The van der Waals surface area contributed by atoms with Crippen LogP contribution in [0.3, 0.4) is 0 Å². The van der Waals surface area contributed by atoms with Crippen molar-refractivity contribution in [2.75, 3.05) is 13.1 Å². The fraction of sp³-hybridized carbons (Fsp3) is 0.462. The Morgan fingerprint density at radius 1 is 1.47 bits per heavy atom. The van der Waals surface area contributed by atoms with Crippen LogP contribution in [0.25, 0.3) is 0 Å². The van der Waals surface area contributed by atoms with Gasteiger partial charge < -0.3 is 10.1 Å². The van der Waals surface area contributed by atoms with Crippen molar-refractivity contribution in [1.82, 2.24) is 5.32 Å². The van der Waals surface area contributed by atoms with E-state index < -0.39 is 0 Å². The van der Waals surface area contributed by atoms with Gasteiger partial charge in [-0.05, 0) is 43.5 Å². The molecule has 0 aromatic heterocycles. The van der Waals surface area contributed by atoms with Crippen molar-refractivity contribution >= 4 is 6.29 Å².